The van der Waals surface area contributed by atoms with Crippen LogP contribution in [0.15, 0.2) is 0 Å². The minimum absolute atomic E-state index is 0.369. The minimum atomic E-state index is 0.369. The van der Waals surface area contributed by atoms with Gasteiger partial charge in [0.15, 0.2) is 0 Å². The molecular formula is C14H24N4S. The summed E-state index contributed by atoms with van der Waals surface area (Å²) < 4.78 is 2.02. The van der Waals surface area contributed by atoms with E-state index < -0.39 is 0 Å². The highest BCUT2D eigenvalue weighted by atomic mass is 32.1. The van der Waals surface area contributed by atoms with Crippen LogP contribution in [-0.4, -0.2) is 20.0 Å². The van der Waals surface area contributed by atoms with Gasteiger partial charge in [-0.1, -0.05) is 50.5 Å². The summed E-state index contributed by atoms with van der Waals surface area (Å²) >= 11 is 5.07. The molecule has 0 bridgehead atoms. The topological polar surface area (TPSA) is 56.7 Å². The summed E-state index contributed by atoms with van der Waals surface area (Å²) in [6.07, 6.45) is 7.42. The maximum Gasteiger partial charge on any atom is 0.143 e. The molecule has 0 unspecified atom stereocenters. The van der Waals surface area contributed by atoms with E-state index in [2.05, 4.69) is 24.2 Å². The fourth-order valence-electron chi connectivity index (χ4n) is 2.46. The Hall–Kier alpha value is -0.970. The molecule has 0 spiro atoms. The molecule has 1 aliphatic rings. The molecule has 19 heavy (non-hydrogen) atoms. The average Bonchev–Trinajstić information content (AvgIpc) is 2.67. The van der Waals surface area contributed by atoms with Crippen molar-refractivity contribution in [1.82, 2.24) is 15.0 Å². The van der Waals surface area contributed by atoms with Crippen molar-refractivity contribution >= 4 is 17.2 Å². The Morgan fingerprint density at radius 3 is 2.74 bits per heavy atom. The molecule has 2 rings (SSSR count). The van der Waals surface area contributed by atoms with E-state index in [0.29, 0.717) is 10.9 Å². The second-order valence-electron chi connectivity index (χ2n) is 5.99. The second kappa shape index (κ2) is 6.46. The third-order valence-corrected chi connectivity index (χ3v) is 4.20. The Bertz CT molecular complexity index is 435. The number of aryl methyl sites for hydroxylation is 1. The number of nitrogens with zero attached hydrogens (tertiary/aromatic N) is 3. The van der Waals surface area contributed by atoms with Gasteiger partial charge in [0.1, 0.15) is 10.7 Å². The SMILES string of the molecule is CC(C)CCc1c(C(N)=S)nnn1CCC1CCC1. The van der Waals surface area contributed by atoms with Crippen molar-refractivity contribution in [2.24, 2.45) is 17.6 Å². The number of nitrogens with two attached hydrogens (primary N) is 1. The molecule has 0 radical (unpaired) electrons. The van der Waals surface area contributed by atoms with E-state index in [1.165, 1.54) is 25.7 Å². The molecule has 106 valence electrons. The van der Waals surface area contributed by atoms with Crippen LogP contribution < -0.4 is 5.73 Å². The number of hydrogen-bond donors (Lipinski definition) is 1. The van der Waals surface area contributed by atoms with Crippen LogP contribution in [0.1, 0.15) is 57.3 Å². The average molecular weight is 280 g/mol. The van der Waals surface area contributed by atoms with Crippen molar-refractivity contribution in [3.63, 3.8) is 0 Å². The van der Waals surface area contributed by atoms with Crippen molar-refractivity contribution in [1.29, 1.82) is 0 Å². The Labute approximate surface area is 120 Å². The predicted octanol–water partition coefficient (Wildman–Crippen LogP) is 2.69. The molecule has 2 N–H and O–H groups in total. The van der Waals surface area contributed by atoms with Gasteiger partial charge in [-0.3, -0.25) is 0 Å². The lowest BCUT2D eigenvalue weighted by Crippen LogP contribution is -2.17. The quantitative estimate of drug-likeness (QED) is 0.780. The molecule has 1 aromatic rings. The van der Waals surface area contributed by atoms with E-state index in [-0.39, 0.29) is 0 Å². The van der Waals surface area contributed by atoms with Crippen molar-refractivity contribution in [3.8, 4) is 0 Å². The normalized spacial score (nSPS) is 15.7. The zero-order valence-electron chi connectivity index (χ0n) is 11.9. The van der Waals surface area contributed by atoms with E-state index in [1.807, 2.05) is 4.68 Å². The summed E-state index contributed by atoms with van der Waals surface area (Å²) in [4.78, 5) is 0.369. The minimum Gasteiger partial charge on any atom is -0.388 e. The van der Waals surface area contributed by atoms with Crippen LogP contribution >= 0.6 is 12.2 Å². The molecule has 1 heterocycles. The van der Waals surface area contributed by atoms with Gasteiger partial charge in [0.2, 0.25) is 0 Å². The fraction of sp³-hybridized carbons (Fsp3) is 0.786. The standard InChI is InChI=1S/C14H24N4S/c1-10(2)6-7-12-13(14(15)19)16-17-18(12)9-8-11-4-3-5-11/h10-11H,3-9H2,1-2H3,(H2,15,19). The van der Waals surface area contributed by atoms with Crippen molar-refractivity contribution in [3.05, 3.63) is 11.4 Å². The highest BCUT2D eigenvalue weighted by molar-refractivity contribution is 7.80. The lowest BCUT2D eigenvalue weighted by atomic mass is 9.83. The summed E-state index contributed by atoms with van der Waals surface area (Å²) in [7, 11) is 0. The van der Waals surface area contributed by atoms with Crippen molar-refractivity contribution < 1.29 is 0 Å². The van der Waals surface area contributed by atoms with Crippen LogP contribution in [0.5, 0.6) is 0 Å². The van der Waals surface area contributed by atoms with Gasteiger partial charge in [0.05, 0.1) is 5.69 Å². The lowest BCUT2D eigenvalue weighted by molar-refractivity contribution is 0.275. The van der Waals surface area contributed by atoms with Crippen LogP contribution in [0.4, 0.5) is 0 Å². The van der Waals surface area contributed by atoms with Gasteiger partial charge >= 0.3 is 0 Å². The van der Waals surface area contributed by atoms with Crippen LogP contribution in [0.2, 0.25) is 0 Å². The number of thiocarbonyl (C=S) groups is 1. The Kier molecular flexibility index (Phi) is 4.91. The van der Waals surface area contributed by atoms with Crippen LogP contribution in [-0.2, 0) is 13.0 Å². The molecule has 0 amide bonds. The number of hydrogen-bond acceptors (Lipinski definition) is 3. The number of rotatable bonds is 7. The van der Waals surface area contributed by atoms with Crippen LogP contribution in [0.3, 0.4) is 0 Å². The first-order valence-corrected chi connectivity index (χ1v) is 7.71. The van der Waals surface area contributed by atoms with Crippen LogP contribution in [0.25, 0.3) is 0 Å². The molecule has 4 nitrogen and oxygen atoms in total. The zero-order valence-corrected chi connectivity index (χ0v) is 12.7. The predicted molar refractivity (Wildman–Crippen MR) is 81.0 cm³/mol. The van der Waals surface area contributed by atoms with Gasteiger partial charge in [-0.15, -0.1) is 5.10 Å². The van der Waals surface area contributed by atoms with E-state index in [9.17, 15) is 0 Å². The molecule has 0 aromatic carbocycles. The first kappa shape index (κ1) is 14.4. The van der Waals surface area contributed by atoms with Gasteiger partial charge in [-0.2, -0.15) is 0 Å². The first-order chi connectivity index (χ1) is 9.08. The first-order valence-electron chi connectivity index (χ1n) is 7.30. The van der Waals surface area contributed by atoms with Crippen molar-refractivity contribution in [2.45, 2.75) is 58.9 Å². The molecule has 0 atom stereocenters. The monoisotopic (exact) mass is 280 g/mol. The van der Waals surface area contributed by atoms with Crippen LogP contribution in [0, 0.1) is 11.8 Å². The fourth-order valence-corrected chi connectivity index (χ4v) is 2.62. The van der Waals surface area contributed by atoms with Gasteiger partial charge < -0.3 is 5.73 Å². The summed E-state index contributed by atoms with van der Waals surface area (Å²) in [6.45, 7) is 5.40. The van der Waals surface area contributed by atoms with Gasteiger partial charge in [-0.25, -0.2) is 4.68 Å². The lowest BCUT2D eigenvalue weighted by Gasteiger charge is -2.25. The summed E-state index contributed by atoms with van der Waals surface area (Å²) in [5.74, 6) is 1.55. The third kappa shape index (κ3) is 3.75. The maximum atomic E-state index is 5.74. The zero-order chi connectivity index (χ0) is 13.8. The molecule has 1 aliphatic carbocycles. The molecular weight excluding hydrogens is 256 g/mol. The molecule has 0 saturated heterocycles. The number of aromatic nitrogens is 3. The molecule has 1 aromatic heterocycles. The Morgan fingerprint density at radius 2 is 2.21 bits per heavy atom. The Balaban J connectivity index is 2.04. The van der Waals surface area contributed by atoms with Gasteiger partial charge in [0.25, 0.3) is 0 Å². The Morgan fingerprint density at radius 1 is 1.47 bits per heavy atom. The molecule has 1 saturated carbocycles. The molecule has 5 heteroatoms. The van der Waals surface area contributed by atoms with Gasteiger partial charge in [-0.05, 0) is 31.1 Å². The summed E-state index contributed by atoms with van der Waals surface area (Å²) in [5.41, 5.74) is 7.59. The van der Waals surface area contributed by atoms with E-state index in [0.717, 1.165) is 36.7 Å². The van der Waals surface area contributed by atoms with E-state index in [1.54, 1.807) is 0 Å². The van der Waals surface area contributed by atoms with Gasteiger partial charge in [0, 0.05) is 6.54 Å². The largest absolute Gasteiger partial charge is 0.388 e. The smallest absolute Gasteiger partial charge is 0.143 e. The maximum absolute atomic E-state index is 5.74. The van der Waals surface area contributed by atoms with Crippen molar-refractivity contribution in [2.75, 3.05) is 0 Å². The second-order valence-corrected chi connectivity index (χ2v) is 6.43. The van der Waals surface area contributed by atoms with E-state index >= 15 is 0 Å². The summed E-state index contributed by atoms with van der Waals surface area (Å²) in [5, 5.41) is 8.41. The third-order valence-electron chi connectivity index (χ3n) is 4.00. The summed E-state index contributed by atoms with van der Waals surface area (Å²) in [6, 6.07) is 0. The van der Waals surface area contributed by atoms with E-state index in [4.69, 9.17) is 18.0 Å². The molecule has 1 fully saturated rings. The highest BCUT2D eigenvalue weighted by Gasteiger charge is 2.20. The molecule has 0 aliphatic heterocycles. The highest BCUT2D eigenvalue weighted by Crippen LogP contribution is 2.29.